The molecule has 1 fully saturated rings. The van der Waals surface area contributed by atoms with E-state index in [1.54, 1.807) is 12.1 Å². The Morgan fingerprint density at radius 1 is 1.14 bits per heavy atom. The number of rotatable bonds is 5. The molecule has 5 heteroatoms. The van der Waals surface area contributed by atoms with E-state index in [1.165, 1.54) is 4.90 Å². The predicted molar refractivity (Wildman–Crippen MR) is 81.9 cm³/mol. The van der Waals surface area contributed by atoms with Crippen LogP contribution in [0.3, 0.4) is 0 Å². The number of nitrogens with zero attached hydrogens (tertiary/aromatic N) is 1. The van der Waals surface area contributed by atoms with Crippen molar-refractivity contribution in [3.63, 3.8) is 0 Å². The monoisotopic (exact) mass is 299 g/mol. The highest BCUT2D eigenvalue weighted by molar-refractivity contribution is 5.89. The van der Waals surface area contributed by atoms with Crippen molar-refractivity contribution in [2.24, 2.45) is 0 Å². The van der Waals surface area contributed by atoms with Gasteiger partial charge in [-0.1, -0.05) is 30.3 Å². The molecular weight excluding hydrogens is 282 g/mol. The number of carbonyl (C=O) groups is 1. The lowest BCUT2D eigenvalue weighted by Crippen LogP contribution is -2.25. The molecule has 1 saturated heterocycles. The molecule has 3 rings (SSSR count). The summed E-state index contributed by atoms with van der Waals surface area (Å²) in [6.07, 6.45) is -0.890. The van der Waals surface area contributed by atoms with E-state index in [-0.39, 0.29) is 6.61 Å². The Morgan fingerprint density at radius 2 is 1.86 bits per heavy atom. The van der Waals surface area contributed by atoms with E-state index in [1.807, 2.05) is 42.5 Å². The standard InChI is InChI=1S/C17H17NO4/c19-11-16-10-18(17(20)22-16)14-6-8-15(9-7-14)21-12-13-4-2-1-3-5-13/h1-9,16,19H,10-12H2/t16-/m0/s1. The maximum atomic E-state index is 11.7. The smallest absolute Gasteiger partial charge is 0.414 e. The molecule has 0 aliphatic carbocycles. The number of cyclic esters (lactones) is 1. The molecule has 0 bridgehead atoms. The first-order valence-corrected chi connectivity index (χ1v) is 7.12. The number of benzene rings is 2. The topological polar surface area (TPSA) is 59.0 Å². The van der Waals surface area contributed by atoms with Gasteiger partial charge in [0.15, 0.2) is 0 Å². The van der Waals surface area contributed by atoms with Gasteiger partial charge in [-0.05, 0) is 29.8 Å². The summed E-state index contributed by atoms with van der Waals surface area (Å²) in [5.74, 6) is 0.735. The molecule has 114 valence electrons. The van der Waals surface area contributed by atoms with Crippen LogP contribution in [0.4, 0.5) is 10.5 Å². The van der Waals surface area contributed by atoms with Crippen molar-refractivity contribution in [2.45, 2.75) is 12.7 Å². The van der Waals surface area contributed by atoms with Gasteiger partial charge >= 0.3 is 6.09 Å². The number of carbonyl (C=O) groups excluding carboxylic acids is 1. The minimum Gasteiger partial charge on any atom is -0.489 e. The highest BCUT2D eigenvalue weighted by atomic mass is 16.6. The summed E-state index contributed by atoms with van der Waals surface area (Å²) in [4.78, 5) is 13.2. The fourth-order valence-electron chi connectivity index (χ4n) is 2.29. The molecule has 0 spiro atoms. The third-order valence-corrected chi connectivity index (χ3v) is 3.47. The number of hydrogen-bond donors (Lipinski definition) is 1. The number of amides is 1. The molecule has 2 aromatic carbocycles. The lowest BCUT2D eigenvalue weighted by atomic mass is 10.2. The van der Waals surface area contributed by atoms with Crippen LogP contribution in [0, 0.1) is 0 Å². The molecule has 1 atom stereocenters. The van der Waals surface area contributed by atoms with Crippen LogP contribution in [0.2, 0.25) is 0 Å². The normalized spacial score (nSPS) is 17.4. The van der Waals surface area contributed by atoms with Gasteiger partial charge in [-0.25, -0.2) is 4.79 Å². The Bertz CT molecular complexity index is 627. The molecule has 1 N–H and O–H groups in total. The molecule has 2 aromatic rings. The van der Waals surface area contributed by atoms with E-state index < -0.39 is 12.2 Å². The highest BCUT2D eigenvalue weighted by Gasteiger charge is 2.31. The van der Waals surface area contributed by atoms with Gasteiger partial charge in [0.2, 0.25) is 0 Å². The van der Waals surface area contributed by atoms with Crippen molar-refractivity contribution in [2.75, 3.05) is 18.1 Å². The summed E-state index contributed by atoms with van der Waals surface area (Å²) >= 11 is 0. The lowest BCUT2D eigenvalue weighted by molar-refractivity contribution is 0.0963. The number of anilines is 1. The Balaban J connectivity index is 1.62. The van der Waals surface area contributed by atoms with Crippen molar-refractivity contribution in [3.05, 3.63) is 60.2 Å². The molecule has 0 radical (unpaired) electrons. The molecule has 1 aliphatic rings. The van der Waals surface area contributed by atoms with Gasteiger partial charge in [0, 0.05) is 5.69 Å². The maximum Gasteiger partial charge on any atom is 0.414 e. The summed E-state index contributed by atoms with van der Waals surface area (Å²) in [5, 5.41) is 9.05. The predicted octanol–water partition coefficient (Wildman–Crippen LogP) is 2.58. The molecule has 1 heterocycles. The van der Waals surface area contributed by atoms with E-state index in [0.29, 0.717) is 13.2 Å². The molecule has 0 saturated carbocycles. The first-order chi connectivity index (χ1) is 10.8. The average molecular weight is 299 g/mol. The van der Waals surface area contributed by atoms with E-state index in [4.69, 9.17) is 14.6 Å². The van der Waals surface area contributed by atoms with Gasteiger partial charge in [0.05, 0.1) is 13.2 Å². The van der Waals surface area contributed by atoms with Crippen LogP contribution in [0.5, 0.6) is 5.75 Å². The van der Waals surface area contributed by atoms with Crippen molar-refractivity contribution in [1.82, 2.24) is 0 Å². The minimum atomic E-state index is -0.457. The second-order valence-corrected chi connectivity index (χ2v) is 5.07. The third kappa shape index (κ3) is 3.20. The van der Waals surface area contributed by atoms with E-state index >= 15 is 0 Å². The van der Waals surface area contributed by atoms with Gasteiger partial charge in [0.25, 0.3) is 0 Å². The van der Waals surface area contributed by atoms with Gasteiger partial charge in [-0.3, -0.25) is 4.90 Å². The van der Waals surface area contributed by atoms with E-state index in [2.05, 4.69) is 0 Å². The van der Waals surface area contributed by atoms with Crippen LogP contribution < -0.4 is 9.64 Å². The molecule has 5 nitrogen and oxygen atoms in total. The number of ether oxygens (including phenoxy) is 2. The Kier molecular flexibility index (Phi) is 4.25. The first kappa shape index (κ1) is 14.4. The molecule has 22 heavy (non-hydrogen) atoms. The van der Waals surface area contributed by atoms with Gasteiger partial charge < -0.3 is 14.6 Å². The van der Waals surface area contributed by atoms with Gasteiger partial charge in [-0.15, -0.1) is 0 Å². The van der Waals surface area contributed by atoms with E-state index in [0.717, 1.165) is 17.0 Å². The van der Waals surface area contributed by atoms with Gasteiger partial charge in [0.1, 0.15) is 18.5 Å². The summed E-state index contributed by atoms with van der Waals surface area (Å²) in [7, 11) is 0. The quantitative estimate of drug-likeness (QED) is 0.922. The molecule has 1 amide bonds. The fraction of sp³-hybridized carbons (Fsp3) is 0.235. The average Bonchev–Trinajstić information content (AvgIpc) is 2.95. The summed E-state index contributed by atoms with van der Waals surface area (Å²) in [6.45, 7) is 0.693. The van der Waals surface area contributed by atoms with E-state index in [9.17, 15) is 4.79 Å². The molecule has 0 unspecified atom stereocenters. The Hall–Kier alpha value is -2.53. The van der Waals surface area contributed by atoms with Crippen molar-refractivity contribution < 1.29 is 19.4 Å². The molecule has 1 aliphatic heterocycles. The first-order valence-electron chi connectivity index (χ1n) is 7.12. The zero-order valence-corrected chi connectivity index (χ0v) is 12.0. The number of aliphatic hydroxyl groups excluding tert-OH is 1. The van der Waals surface area contributed by atoms with Crippen LogP contribution in [-0.4, -0.2) is 30.5 Å². The zero-order chi connectivity index (χ0) is 15.4. The second-order valence-electron chi connectivity index (χ2n) is 5.07. The number of hydrogen-bond acceptors (Lipinski definition) is 4. The van der Waals surface area contributed by atoms with Crippen LogP contribution in [0.15, 0.2) is 54.6 Å². The van der Waals surface area contributed by atoms with Crippen LogP contribution >= 0.6 is 0 Å². The third-order valence-electron chi connectivity index (χ3n) is 3.47. The summed E-state index contributed by atoms with van der Waals surface area (Å²) < 4.78 is 10.7. The van der Waals surface area contributed by atoms with Crippen molar-refractivity contribution in [3.8, 4) is 5.75 Å². The van der Waals surface area contributed by atoms with Gasteiger partial charge in [-0.2, -0.15) is 0 Å². The van der Waals surface area contributed by atoms with Crippen molar-refractivity contribution in [1.29, 1.82) is 0 Å². The molecule has 0 aromatic heterocycles. The Morgan fingerprint density at radius 3 is 2.50 bits per heavy atom. The lowest BCUT2D eigenvalue weighted by Gasteiger charge is -2.13. The fourth-order valence-corrected chi connectivity index (χ4v) is 2.29. The molecular formula is C17H17NO4. The number of aliphatic hydroxyl groups is 1. The maximum absolute atomic E-state index is 11.7. The Labute approximate surface area is 128 Å². The summed E-state index contributed by atoms with van der Waals surface area (Å²) in [5.41, 5.74) is 1.83. The summed E-state index contributed by atoms with van der Waals surface area (Å²) in [6, 6.07) is 17.2. The minimum absolute atomic E-state index is 0.166. The highest BCUT2D eigenvalue weighted by Crippen LogP contribution is 2.24. The zero-order valence-electron chi connectivity index (χ0n) is 12.0. The van der Waals surface area contributed by atoms with Crippen LogP contribution in [-0.2, 0) is 11.3 Å². The van der Waals surface area contributed by atoms with Crippen LogP contribution in [0.1, 0.15) is 5.56 Å². The van der Waals surface area contributed by atoms with Crippen molar-refractivity contribution >= 4 is 11.8 Å². The van der Waals surface area contributed by atoms with Crippen LogP contribution in [0.25, 0.3) is 0 Å². The SMILES string of the molecule is O=C1O[C@H](CO)CN1c1ccc(OCc2ccccc2)cc1. The second kappa shape index (κ2) is 6.49. The largest absolute Gasteiger partial charge is 0.489 e.